The summed E-state index contributed by atoms with van der Waals surface area (Å²) in [7, 11) is 0. The maximum Gasteiger partial charge on any atom is 0.0197 e. The summed E-state index contributed by atoms with van der Waals surface area (Å²) in [5.41, 5.74) is 8.84. The van der Waals surface area contributed by atoms with Gasteiger partial charge >= 0.3 is 0 Å². The van der Waals surface area contributed by atoms with Crippen molar-refractivity contribution in [2.75, 3.05) is 0 Å². The Morgan fingerprint density at radius 2 is 1.48 bits per heavy atom. The number of aryl methyl sites for hydroxylation is 1. The highest BCUT2D eigenvalue weighted by Gasteiger charge is 2.18. The van der Waals surface area contributed by atoms with E-state index in [4.69, 9.17) is 0 Å². The standard InChI is InChI=1S/C22H29I/c1-7-9-18-10-8-11-20(15(18)4)16(5)21-13-12-19(14(2)3)22(23)17(21)6/h8,10-14,16H,7,9H2,1-6H3. The molecule has 23 heavy (non-hydrogen) atoms. The topological polar surface area (TPSA) is 0 Å². The van der Waals surface area contributed by atoms with Crippen molar-refractivity contribution in [1.82, 2.24) is 0 Å². The quantitative estimate of drug-likeness (QED) is 0.451. The van der Waals surface area contributed by atoms with Crippen LogP contribution in [0.1, 0.15) is 79.3 Å². The van der Waals surface area contributed by atoms with Crippen LogP contribution in [0.3, 0.4) is 0 Å². The van der Waals surface area contributed by atoms with Gasteiger partial charge in [-0.3, -0.25) is 0 Å². The molecule has 0 nitrogen and oxygen atoms in total. The number of rotatable bonds is 5. The van der Waals surface area contributed by atoms with E-state index in [9.17, 15) is 0 Å². The van der Waals surface area contributed by atoms with E-state index < -0.39 is 0 Å². The van der Waals surface area contributed by atoms with Crippen LogP contribution < -0.4 is 0 Å². The van der Waals surface area contributed by atoms with Crippen LogP contribution >= 0.6 is 22.6 Å². The van der Waals surface area contributed by atoms with Crippen LogP contribution in [-0.4, -0.2) is 0 Å². The average Bonchev–Trinajstić information content (AvgIpc) is 2.51. The van der Waals surface area contributed by atoms with Crippen molar-refractivity contribution >= 4 is 22.6 Å². The van der Waals surface area contributed by atoms with Crippen LogP contribution in [0.4, 0.5) is 0 Å². The largest absolute Gasteiger partial charge is 0.0651 e. The summed E-state index contributed by atoms with van der Waals surface area (Å²) in [6.07, 6.45) is 2.38. The Balaban J connectivity index is 2.48. The average molecular weight is 420 g/mol. The van der Waals surface area contributed by atoms with E-state index in [1.54, 1.807) is 0 Å². The molecule has 0 heterocycles. The third-order valence-electron chi connectivity index (χ3n) is 5.02. The molecule has 0 spiro atoms. The molecule has 0 bridgehead atoms. The summed E-state index contributed by atoms with van der Waals surface area (Å²) in [6, 6.07) is 11.5. The highest BCUT2D eigenvalue weighted by atomic mass is 127. The van der Waals surface area contributed by atoms with Gasteiger partial charge in [-0.1, -0.05) is 64.4 Å². The molecule has 0 aliphatic heterocycles. The van der Waals surface area contributed by atoms with Crippen LogP contribution in [0, 0.1) is 17.4 Å². The molecule has 2 rings (SSSR count). The van der Waals surface area contributed by atoms with Gasteiger partial charge in [-0.2, -0.15) is 0 Å². The van der Waals surface area contributed by atoms with Gasteiger partial charge in [0.05, 0.1) is 0 Å². The minimum Gasteiger partial charge on any atom is -0.0651 e. The highest BCUT2D eigenvalue weighted by molar-refractivity contribution is 14.1. The Morgan fingerprint density at radius 1 is 0.870 bits per heavy atom. The van der Waals surface area contributed by atoms with E-state index in [-0.39, 0.29) is 0 Å². The minimum absolute atomic E-state index is 0.446. The summed E-state index contributed by atoms with van der Waals surface area (Å²) in [6.45, 7) is 13.7. The van der Waals surface area contributed by atoms with E-state index in [1.807, 2.05) is 0 Å². The Hall–Kier alpha value is -0.830. The van der Waals surface area contributed by atoms with Crippen molar-refractivity contribution in [3.63, 3.8) is 0 Å². The van der Waals surface area contributed by atoms with Crippen LogP contribution in [-0.2, 0) is 6.42 Å². The smallest absolute Gasteiger partial charge is 0.0197 e. The molecule has 1 heteroatoms. The number of benzene rings is 2. The molecule has 0 aliphatic carbocycles. The summed E-state index contributed by atoms with van der Waals surface area (Å²) in [4.78, 5) is 0. The predicted octanol–water partition coefficient (Wildman–Crippen LogP) is 7.14. The lowest BCUT2D eigenvalue weighted by Crippen LogP contribution is -2.06. The SMILES string of the molecule is CCCc1cccc(C(C)c2ccc(C(C)C)c(I)c2C)c1C. The zero-order chi connectivity index (χ0) is 17.1. The second kappa shape index (κ2) is 7.83. The summed E-state index contributed by atoms with van der Waals surface area (Å²) < 4.78 is 1.43. The first-order valence-electron chi connectivity index (χ1n) is 8.75. The van der Waals surface area contributed by atoms with E-state index in [0.717, 1.165) is 0 Å². The molecule has 0 aliphatic rings. The lowest BCUT2D eigenvalue weighted by molar-refractivity contribution is 0.839. The molecule has 0 saturated heterocycles. The van der Waals surface area contributed by atoms with Crippen LogP contribution in [0.2, 0.25) is 0 Å². The highest BCUT2D eigenvalue weighted by Crippen LogP contribution is 2.34. The molecular formula is C22H29I. The lowest BCUT2D eigenvalue weighted by atomic mass is 9.84. The number of hydrogen-bond acceptors (Lipinski definition) is 0. The molecule has 124 valence electrons. The third-order valence-corrected chi connectivity index (χ3v) is 6.45. The first-order valence-corrected chi connectivity index (χ1v) is 9.83. The fourth-order valence-electron chi connectivity index (χ4n) is 3.52. The van der Waals surface area contributed by atoms with Crippen LogP contribution in [0.15, 0.2) is 30.3 Å². The van der Waals surface area contributed by atoms with E-state index >= 15 is 0 Å². The summed E-state index contributed by atoms with van der Waals surface area (Å²) in [5, 5.41) is 0. The van der Waals surface area contributed by atoms with E-state index in [1.165, 1.54) is 49.8 Å². The summed E-state index contributed by atoms with van der Waals surface area (Å²) in [5.74, 6) is 1.03. The first kappa shape index (κ1) is 18.5. The molecule has 0 amide bonds. The number of halogens is 1. The molecule has 2 aromatic rings. The van der Waals surface area contributed by atoms with Gasteiger partial charge < -0.3 is 0 Å². The molecule has 0 N–H and O–H groups in total. The van der Waals surface area contributed by atoms with Crippen molar-refractivity contribution in [2.24, 2.45) is 0 Å². The molecule has 2 aromatic carbocycles. The van der Waals surface area contributed by atoms with Gasteiger partial charge in [0.2, 0.25) is 0 Å². The van der Waals surface area contributed by atoms with Gasteiger partial charge in [0.25, 0.3) is 0 Å². The molecular weight excluding hydrogens is 391 g/mol. The molecule has 0 fully saturated rings. The Labute approximate surface area is 155 Å². The van der Waals surface area contributed by atoms with Crippen LogP contribution in [0.5, 0.6) is 0 Å². The Morgan fingerprint density at radius 3 is 2.09 bits per heavy atom. The first-order chi connectivity index (χ1) is 10.9. The maximum atomic E-state index is 2.53. The van der Waals surface area contributed by atoms with Crippen molar-refractivity contribution in [3.05, 3.63) is 67.3 Å². The predicted molar refractivity (Wildman–Crippen MR) is 111 cm³/mol. The van der Waals surface area contributed by atoms with Gasteiger partial charge in [0.15, 0.2) is 0 Å². The van der Waals surface area contributed by atoms with Crippen molar-refractivity contribution in [2.45, 2.75) is 66.2 Å². The zero-order valence-corrected chi connectivity index (χ0v) is 17.5. The molecule has 0 radical (unpaired) electrons. The van der Waals surface area contributed by atoms with Crippen molar-refractivity contribution in [3.8, 4) is 0 Å². The van der Waals surface area contributed by atoms with Gasteiger partial charge in [-0.25, -0.2) is 0 Å². The fourth-order valence-corrected chi connectivity index (χ4v) is 4.63. The normalized spacial score (nSPS) is 12.7. The molecule has 1 atom stereocenters. The van der Waals surface area contributed by atoms with Gasteiger partial charge in [0, 0.05) is 9.49 Å². The van der Waals surface area contributed by atoms with Gasteiger partial charge in [-0.15, -0.1) is 0 Å². The molecule has 1 unspecified atom stereocenters. The Bertz CT molecular complexity index is 683. The minimum atomic E-state index is 0.446. The van der Waals surface area contributed by atoms with E-state index in [2.05, 4.69) is 94.5 Å². The monoisotopic (exact) mass is 420 g/mol. The van der Waals surface area contributed by atoms with Crippen LogP contribution in [0.25, 0.3) is 0 Å². The summed E-state index contributed by atoms with van der Waals surface area (Å²) >= 11 is 2.53. The Kier molecular flexibility index (Phi) is 6.30. The second-order valence-corrected chi connectivity index (χ2v) is 8.02. The number of hydrogen-bond donors (Lipinski definition) is 0. The van der Waals surface area contributed by atoms with Gasteiger partial charge in [0.1, 0.15) is 0 Å². The van der Waals surface area contributed by atoms with Crippen molar-refractivity contribution in [1.29, 1.82) is 0 Å². The van der Waals surface area contributed by atoms with E-state index in [0.29, 0.717) is 11.8 Å². The lowest BCUT2D eigenvalue weighted by Gasteiger charge is -2.22. The fraction of sp³-hybridized carbons (Fsp3) is 0.455. The zero-order valence-electron chi connectivity index (χ0n) is 15.3. The van der Waals surface area contributed by atoms with Gasteiger partial charge in [-0.05, 0) is 82.2 Å². The molecule has 0 saturated carbocycles. The van der Waals surface area contributed by atoms with Crippen molar-refractivity contribution < 1.29 is 0 Å². The third kappa shape index (κ3) is 3.81. The molecule has 0 aromatic heterocycles. The maximum absolute atomic E-state index is 2.53. The second-order valence-electron chi connectivity index (χ2n) is 6.94.